The van der Waals surface area contributed by atoms with Crippen molar-refractivity contribution in [3.63, 3.8) is 0 Å². The van der Waals surface area contributed by atoms with E-state index in [0.29, 0.717) is 11.4 Å². The fourth-order valence-corrected chi connectivity index (χ4v) is 4.29. The minimum Gasteiger partial charge on any atom is -0.350 e. The lowest BCUT2D eigenvalue weighted by Crippen LogP contribution is -2.26. The molecule has 2 N–H and O–H groups in total. The number of hydrogen-bond donors (Lipinski definition) is 2. The van der Waals surface area contributed by atoms with Crippen molar-refractivity contribution in [2.75, 3.05) is 12.4 Å². The first kappa shape index (κ1) is 23.6. The van der Waals surface area contributed by atoms with Crippen LogP contribution in [0.4, 0.5) is 19.0 Å². The van der Waals surface area contributed by atoms with Gasteiger partial charge in [-0.15, -0.1) is 0 Å². The van der Waals surface area contributed by atoms with E-state index >= 15 is 4.39 Å². The van der Waals surface area contributed by atoms with Crippen LogP contribution in [0.15, 0.2) is 46.8 Å². The number of carbonyl (C=O) groups excluding carboxylic acids is 1. The Morgan fingerprint density at radius 3 is 2.20 bits per heavy atom. The summed E-state index contributed by atoms with van der Waals surface area (Å²) in [5.74, 6) is -4.87. The lowest BCUT2D eigenvalue weighted by atomic mass is 9.80. The standard InChI is InChI=1S/C25H19F3N6O/c1-11-22(28)14(20-16(9-29)12(2)34(4)13(3)17(20)10-30)8-15-23(11)32-33-24(15)31-25(35)21-18(26)6-5-7-19(21)27/h5-8,20H,1-4H3,(H2,31,32,33,35). The van der Waals surface area contributed by atoms with E-state index in [4.69, 9.17) is 0 Å². The first-order valence-corrected chi connectivity index (χ1v) is 10.5. The molecule has 0 atom stereocenters. The molecule has 0 spiro atoms. The number of rotatable bonds is 3. The van der Waals surface area contributed by atoms with Crippen LogP contribution in [-0.4, -0.2) is 28.1 Å². The normalized spacial score (nSPS) is 14.4. The molecular formula is C25H19F3N6O. The van der Waals surface area contributed by atoms with E-state index < -0.39 is 34.8 Å². The van der Waals surface area contributed by atoms with E-state index in [0.717, 1.165) is 18.2 Å². The molecule has 0 unspecified atom stereocenters. The van der Waals surface area contributed by atoms with Gasteiger partial charge in [-0.3, -0.25) is 9.89 Å². The minimum absolute atomic E-state index is 0.0453. The number of halogens is 3. The number of nitrogens with one attached hydrogen (secondary N) is 2. The molecule has 2 aromatic carbocycles. The molecule has 1 aromatic heterocycles. The Labute approximate surface area is 198 Å². The molecule has 1 amide bonds. The lowest BCUT2D eigenvalue weighted by molar-refractivity contribution is 0.101. The fraction of sp³-hybridized carbons (Fsp3) is 0.200. The zero-order chi connectivity index (χ0) is 25.6. The van der Waals surface area contributed by atoms with Gasteiger partial charge in [0.05, 0.1) is 34.7 Å². The number of hydrogen-bond acceptors (Lipinski definition) is 5. The highest BCUT2D eigenvalue weighted by atomic mass is 19.1. The Morgan fingerprint density at radius 2 is 1.66 bits per heavy atom. The predicted octanol–water partition coefficient (Wildman–Crippen LogP) is 5.17. The maximum absolute atomic E-state index is 15.6. The van der Waals surface area contributed by atoms with Crippen molar-refractivity contribution in [1.82, 2.24) is 15.1 Å². The second-order valence-electron chi connectivity index (χ2n) is 8.16. The summed E-state index contributed by atoms with van der Waals surface area (Å²) in [5.41, 5.74) is 1.21. The zero-order valence-electron chi connectivity index (χ0n) is 19.2. The average molecular weight is 476 g/mol. The average Bonchev–Trinajstić information content (AvgIpc) is 3.22. The number of allylic oxidation sites excluding steroid dienone is 4. The molecule has 0 fully saturated rings. The summed E-state index contributed by atoms with van der Waals surface area (Å²) < 4.78 is 43.8. The maximum atomic E-state index is 15.6. The summed E-state index contributed by atoms with van der Waals surface area (Å²) in [6, 6.07) is 8.62. The summed E-state index contributed by atoms with van der Waals surface area (Å²) in [7, 11) is 1.71. The van der Waals surface area contributed by atoms with Gasteiger partial charge in [-0.25, -0.2) is 13.2 Å². The molecule has 0 radical (unpaired) electrons. The van der Waals surface area contributed by atoms with E-state index in [9.17, 15) is 24.1 Å². The topological polar surface area (TPSA) is 109 Å². The monoisotopic (exact) mass is 476 g/mol. The summed E-state index contributed by atoms with van der Waals surface area (Å²) in [6.07, 6.45) is 0. The lowest BCUT2D eigenvalue weighted by Gasteiger charge is -2.33. The highest BCUT2D eigenvalue weighted by Gasteiger charge is 2.35. The van der Waals surface area contributed by atoms with Crippen LogP contribution in [0.5, 0.6) is 0 Å². The van der Waals surface area contributed by atoms with E-state index in [-0.39, 0.29) is 39.0 Å². The molecule has 7 nitrogen and oxygen atoms in total. The highest BCUT2D eigenvalue weighted by molar-refractivity contribution is 6.08. The Hall–Kier alpha value is -4.57. The number of amides is 1. The molecule has 1 aliphatic rings. The van der Waals surface area contributed by atoms with Crippen LogP contribution >= 0.6 is 0 Å². The molecule has 35 heavy (non-hydrogen) atoms. The number of nitrogens with zero attached hydrogens (tertiary/aromatic N) is 4. The summed E-state index contributed by atoms with van der Waals surface area (Å²) >= 11 is 0. The van der Waals surface area contributed by atoms with Crippen LogP contribution in [0.2, 0.25) is 0 Å². The second kappa shape index (κ2) is 8.65. The summed E-state index contributed by atoms with van der Waals surface area (Å²) in [4.78, 5) is 14.3. The van der Waals surface area contributed by atoms with Gasteiger partial charge >= 0.3 is 0 Å². The third-order valence-electron chi connectivity index (χ3n) is 6.40. The van der Waals surface area contributed by atoms with E-state index in [1.807, 2.05) is 0 Å². The molecule has 0 saturated heterocycles. The smallest absolute Gasteiger partial charge is 0.262 e. The van der Waals surface area contributed by atoms with Crippen molar-refractivity contribution in [1.29, 1.82) is 10.5 Å². The van der Waals surface area contributed by atoms with Gasteiger partial charge in [0.1, 0.15) is 23.0 Å². The SMILES string of the molecule is CC1=C(C#N)C(c2cc3c(NC(=O)c4c(F)cccc4F)n[nH]c3c(C)c2F)C(C#N)=C(C)N1C. The quantitative estimate of drug-likeness (QED) is 0.543. The second-order valence-corrected chi connectivity index (χ2v) is 8.16. The van der Waals surface area contributed by atoms with Crippen molar-refractivity contribution < 1.29 is 18.0 Å². The number of aryl methyl sites for hydroxylation is 1. The number of nitriles is 2. The van der Waals surface area contributed by atoms with Crippen LogP contribution in [0.25, 0.3) is 10.9 Å². The highest BCUT2D eigenvalue weighted by Crippen LogP contribution is 2.43. The summed E-state index contributed by atoms with van der Waals surface area (Å²) in [5, 5.41) is 29.0. The molecular weight excluding hydrogens is 457 g/mol. The van der Waals surface area contributed by atoms with Crippen LogP contribution in [0.1, 0.15) is 41.3 Å². The molecule has 1 aliphatic heterocycles. The van der Waals surface area contributed by atoms with Crippen LogP contribution in [0, 0.1) is 47.0 Å². The van der Waals surface area contributed by atoms with Crippen molar-refractivity contribution in [3.8, 4) is 12.1 Å². The van der Waals surface area contributed by atoms with Crippen molar-refractivity contribution >= 4 is 22.6 Å². The van der Waals surface area contributed by atoms with Gasteiger partial charge in [0.2, 0.25) is 0 Å². The molecule has 3 aromatic rings. The molecule has 0 saturated carbocycles. The van der Waals surface area contributed by atoms with Gasteiger partial charge in [0.15, 0.2) is 5.82 Å². The Balaban J connectivity index is 1.90. The molecule has 0 bridgehead atoms. The number of fused-ring (bicyclic) bond motifs is 1. The Morgan fingerprint density at radius 1 is 1.09 bits per heavy atom. The molecule has 4 rings (SSSR count). The van der Waals surface area contributed by atoms with Crippen molar-refractivity contribution in [3.05, 3.63) is 80.9 Å². The third-order valence-corrected chi connectivity index (χ3v) is 6.40. The van der Waals surface area contributed by atoms with Gasteiger partial charge in [-0.2, -0.15) is 15.6 Å². The van der Waals surface area contributed by atoms with Gasteiger partial charge in [-0.1, -0.05) is 6.07 Å². The summed E-state index contributed by atoms with van der Waals surface area (Å²) in [6.45, 7) is 4.90. The first-order chi connectivity index (χ1) is 16.6. The van der Waals surface area contributed by atoms with E-state index in [1.54, 1.807) is 25.8 Å². The zero-order valence-corrected chi connectivity index (χ0v) is 19.2. The number of benzene rings is 2. The third kappa shape index (κ3) is 3.60. The molecule has 2 heterocycles. The van der Waals surface area contributed by atoms with Crippen LogP contribution in [0.3, 0.4) is 0 Å². The number of carbonyl (C=O) groups is 1. The van der Waals surface area contributed by atoms with E-state index in [2.05, 4.69) is 27.7 Å². The van der Waals surface area contributed by atoms with Crippen molar-refractivity contribution in [2.24, 2.45) is 0 Å². The van der Waals surface area contributed by atoms with Gasteiger partial charge in [0, 0.05) is 35.0 Å². The largest absolute Gasteiger partial charge is 0.350 e. The van der Waals surface area contributed by atoms with Gasteiger partial charge in [-0.05, 0) is 39.0 Å². The number of H-pyrrole nitrogens is 1. The number of aromatic nitrogens is 2. The predicted molar refractivity (Wildman–Crippen MR) is 122 cm³/mol. The molecule has 176 valence electrons. The van der Waals surface area contributed by atoms with Gasteiger partial charge < -0.3 is 10.2 Å². The number of anilines is 1. The van der Waals surface area contributed by atoms with Gasteiger partial charge in [0.25, 0.3) is 5.91 Å². The molecule has 0 aliphatic carbocycles. The van der Waals surface area contributed by atoms with E-state index in [1.165, 1.54) is 13.0 Å². The maximum Gasteiger partial charge on any atom is 0.262 e. The molecule has 10 heteroatoms. The number of aromatic amines is 1. The first-order valence-electron chi connectivity index (χ1n) is 10.5. The minimum atomic E-state index is -1.07. The van der Waals surface area contributed by atoms with Crippen molar-refractivity contribution in [2.45, 2.75) is 26.7 Å². The van der Waals surface area contributed by atoms with Crippen LogP contribution < -0.4 is 5.32 Å². The Bertz CT molecular complexity index is 1500. The van der Waals surface area contributed by atoms with Crippen LogP contribution in [-0.2, 0) is 0 Å². The fourth-order valence-electron chi connectivity index (χ4n) is 4.29. The Kier molecular flexibility index (Phi) is 5.83.